The highest BCUT2D eigenvalue weighted by atomic mass is 32.1. The van der Waals surface area contributed by atoms with E-state index in [4.69, 9.17) is 0 Å². The fourth-order valence-electron chi connectivity index (χ4n) is 1.89. The third-order valence-electron chi connectivity index (χ3n) is 2.70. The largest absolute Gasteiger partial charge is 0.342 e. The van der Waals surface area contributed by atoms with Crippen molar-refractivity contribution >= 4 is 22.2 Å². The van der Waals surface area contributed by atoms with Crippen LogP contribution in [-0.4, -0.2) is 14.8 Å². The van der Waals surface area contributed by atoms with Crippen LogP contribution < -0.4 is 0 Å². The number of para-hydroxylation sites is 1. The number of hydrogen-bond donors (Lipinski definition) is 0. The number of aryl methyl sites for hydroxylation is 2. The van der Waals surface area contributed by atoms with Crippen molar-refractivity contribution in [2.24, 2.45) is 7.05 Å². The summed E-state index contributed by atoms with van der Waals surface area (Å²) < 4.78 is 2.16. The average Bonchev–Trinajstić information content (AvgIpc) is 2.84. The topological polar surface area (TPSA) is 30.7 Å². The number of aromatic nitrogens is 3. The first kappa shape index (κ1) is 9.54. The molecular formula is C12H11N3S. The standard InChI is InChI=1S/C12H11N3S/c1-8-13-14-12(16-8)11-7-9-5-3-4-6-10(9)15(11)2/h3-7H,1-2H3. The number of fused-ring (bicyclic) bond motifs is 1. The van der Waals surface area contributed by atoms with Gasteiger partial charge in [-0.1, -0.05) is 29.5 Å². The lowest BCUT2D eigenvalue weighted by atomic mass is 10.2. The minimum atomic E-state index is 0.983. The predicted molar refractivity (Wildman–Crippen MR) is 66.6 cm³/mol. The average molecular weight is 229 g/mol. The molecule has 80 valence electrons. The fourth-order valence-corrected chi connectivity index (χ4v) is 2.64. The first-order chi connectivity index (χ1) is 7.75. The number of rotatable bonds is 1. The van der Waals surface area contributed by atoms with Crippen molar-refractivity contribution in [1.82, 2.24) is 14.8 Å². The van der Waals surface area contributed by atoms with Gasteiger partial charge in [0.05, 0.1) is 5.69 Å². The van der Waals surface area contributed by atoms with Crippen molar-refractivity contribution in [1.29, 1.82) is 0 Å². The normalized spacial score (nSPS) is 11.1. The van der Waals surface area contributed by atoms with E-state index in [0.717, 1.165) is 15.7 Å². The van der Waals surface area contributed by atoms with E-state index in [9.17, 15) is 0 Å². The maximum atomic E-state index is 4.19. The molecule has 16 heavy (non-hydrogen) atoms. The summed E-state index contributed by atoms with van der Waals surface area (Å²) in [6, 6.07) is 10.5. The van der Waals surface area contributed by atoms with Crippen LogP contribution in [0.15, 0.2) is 30.3 Å². The molecule has 1 aromatic carbocycles. The molecule has 0 fully saturated rings. The summed E-state index contributed by atoms with van der Waals surface area (Å²) in [5.74, 6) is 0. The van der Waals surface area contributed by atoms with Crippen molar-refractivity contribution in [3.05, 3.63) is 35.3 Å². The zero-order valence-electron chi connectivity index (χ0n) is 9.14. The number of benzene rings is 1. The Bertz CT molecular complexity index is 651. The van der Waals surface area contributed by atoms with E-state index >= 15 is 0 Å². The van der Waals surface area contributed by atoms with Gasteiger partial charge >= 0.3 is 0 Å². The van der Waals surface area contributed by atoms with E-state index in [2.05, 4.69) is 52.1 Å². The lowest BCUT2D eigenvalue weighted by Crippen LogP contribution is -1.90. The Kier molecular flexibility index (Phi) is 2.04. The maximum absolute atomic E-state index is 4.19. The molecule has 0 saturated carbocycles. The molecule has 0 aliphatic heterocycles. The lowest BCUT2D eigenvalue weighted by molar-refractivity contribution is 0.962. The molecule has 0 atom stereocenters. The van der Waals surface area contributed by atoms with Crippen molar-refractivity contribution in [2.45, 2.75) is 6.92 Å². The number of hydrogen-bond acceptors (Lipinski definition) is 3. The molecule has 3 aromatic rings. The quantitative estimate of drug-likeness (QED) is 0.642. The molecule has 0 aliphatic carbocycles. The maximum Gasteiger partial charge on any atom is 0.164 e. The monoisotopic (exact) mass is 229 g/mol. The van der Waals surface area contributed by atoms with Crippen LogP contribution in [0, 0.1) is 6.92 Å². The molecule has 2 heterocycles. The summed E-state index contributed by atoms with van der Waals surface area (Å²) in [4.78, 5) is 0. The minimum absolute atomic E-state index is 0.983. The Morgan fingerprint density at radius 3 is 2.69 bits per heavy atom. The van der Waals surface area contributed by atoms with Gasteiger partial charge in [0, 0.05) is 18.0 Å². The Morgan fingerprint density at radius 2 is 2.00 bits per heavy atom. The van der Waals surface area contributed by atoms with E-state index in [0.29, 0.717) is 0 Å². The van der Waals surface area contributed by atoms with Gasteiger partial charge in [-0.3, -0.25) is 0 Å². The fraction of sp³-hybridized carbons (Fsp3) is 0.167. The van der Waals surface area contributed by atoms with Crippen molar-refractivity contribution in [2.75, 3.05) is 0 Å². The highest BCUT2D eigenvalue weighted by Gasteiger charge is 2.10. The van der Waals surface area contributed by atoms with Gasteiger partial charge in [0.2, 0.25) is 0 Å². The Hall–Kier alpha value is -1.68. The smallest absolute Gasteiger partial charge is 0.164 e. The van der Waals surface area contributed by atoms with Gasteiger partial charge in [-0.15, -0.1) is 10.2 Å². The van der Waals surface area contributed by atoms with Crippen molar-refractivity contribution < 1.29 is 0 Å². The molecular weight excluding hydrogens is 218 g/mol. The van der Waals surface area contributed by atoms with Gasteiger partial charge in [0.15, 0.2) is 5.01 Å². The van der Waals surface area contributed by atoms with Crippen molar-refractivity contribution in [3.63, 3.8) is 0 Å². The van der Waals surface area contributed by atoms with Crippen molar-refractivity contribution in [3.8, 4) is 10.7 Å². The summed E-state index contributed by atoms with van der Waals surface area (Å²) in [7, 11) is 2.06. The van der Waals surface area contributed by atoms with Gasteiger partial charge in [-0.05, 0) is 19.1 Å². The van der Waals surface area contributed by atoms with Crippen LogP contribution in [0.4, 0.5) is 0 Å². The van der Waals surface area contributed by atoms with Gasteiger partial charge < -0.3 is 4.57 Å². The van der Waals surface area contributed by atoms with Gasteiger partial charge in [0.1, 0.15) is 5.01 Å². The number of nitrogens with zero attached hydrogens (tertiary/aromatic N) is 3. The molecule has 0 spiro atoms. The molecule has 0 bridgehead atoms. The molecule has 0 N–H and O–H groups in total. The summed E-state index contributed by atoms with van der Waals surface area (Å²) >= 11 is 1.63. The van der Waals surface area contributed by atoms with Crippen LogP contribution in [-0.2, 0) is 7.05 Å². The van der Waals surface area contributed by atoms with E-state index in [1.807, 2.05) is 6.92 Å². The molecule has 0 radical (unpaired) electrons. The Labute approximate surface area is 97.4 Å². The second-order valence-electron chi connectivity index (χ2n) is 3.77. The Morgan fingerprint density at radius 1 is 1.19 bits per heavy atom. The van der Waals surface area contributed by atoms with E-state index in [1.165, 1.54) is 10.9 Å². The minimum Gasteiger partial charge on any atom is -0.342 e. The summed E-state index contributed by atoms with van der Waals surface area (Å²) in [6.45, 7) is 1.98. The summed E-state index contributed by atoms with van der Waals surface area (Å²) in [6.07, 6.45) is 0. The molecule has 3 rings (SSSR count). The summed E-state index contributed by atoms with van der Waals surface area (Å²) in [5.41, 5.74) is 2.36. The highest BCUT2D eigenvalue weighted by Crippen LogP contribution is 2.28. The van der Waals surface area contributed by atoms with Crippen LogP contribution in [0.1, 0.15) is 5.01 Å². The second kappa shape index (κ2) is 3.42. The van der Waals surface area contributed by atoms with Gasteiger partial charge in [-0.25, -0.2) is 0 Å². The SMILES string of the molecule is Cc1nnc(-c2cc3ccccc3n2C)s1. The van der Waals surface area contributed by atoms with Crippen LogP contribution >= 0.6 is 11.3 Å². The lowest BCUT2D eigenvalue weighted by Gasteiger charge is -1.99. The molecule has 4 heteroatoms. The van der Waals surface area contributed by atoms with E-state index in [1.54, 1.807) is 11.3 Å². The van der Waals surface area contributed by atoms with E-state index < -0.39 is 0 Å². The van der Waals surface area contributed by atoms with Gasteiger partial charge in [-0.2, -0.15) is 0 Å². The molecule has 0 unspecified atom stereocenters. The molecule has 2 aromatic heterocycles. The first-order valence-electron chi connectivity index (χ1n) is 5.10. The van der Waals surface area contributed by atoms with Crippen LogP contribution in [0.25, 0.3) is 21.6 Å². The van der Waals surface area contributed by atoms with Crippen LogP contribution in [0.2, 0.25) is 0 Å². The predicted octanol–water partition coefficient (Wildman–Crippen LogP) is 3.01. The second-order valence-corrected chi connectivity index (χ2v) is 4.96. The summed E-state index contributed by atoms with van der Waals surface area (Å²) in [5, 5.41) is 11.5. The zero-order valence-corrected chi connectivity index (χ0v) is 9.95. The Balaban J connectivity index is 2.28. The first-order valence-corrected chi connectivity index (χ1v) is 5.92. The third-order valence-corrected chi connectivity index (χ3v) is 3.56. The molecule has 3 nitrogen and oxygen atoms in total. The van der Waals surface area contributed by atoms with Crippen LogP contribution in [0.3, 0.4) is 0 Å². The molecule has 0 saturated heterocycles. The molecule has 0 amide bonds. The highest BCUT2D eigenvalue weighted by molar-refractivity contribution is 7.14. The van der Waals surface area contributed by atoms with Gasteiger partial charge in [0.25, 0.3) is 0 Å². The van der Waals surface area contributed by atoms with E-state index in [-0.39, 0.29) is 0 Å². The molecule has 0 aliphatic rings. The van der Waals surface area contributed by atoms with Crippen LogP contribution in [0.5, 0.6) is 0 Å². The third kappa shape index (κ3) is 1.34. The zero-order chi connectivity index (χ0) is 11.1.